The molecule has 2 rings (SSSR count). The first-order chi connectivity index (χ1) is 8.45. The van der Waals surface area contributed by atoms with Gasteiger partial charge in [-0.05, 0) is 44.4 Å². The molecule has 2 unspecified atom stereocenters. The van der Waals surface area contributed by atoms with Crippen molar-refractivity contribution in [2.75, 3.05) is 6.61 Å². The number of ether oxygens (including phenoxy) is 1. The lowest BCUT2D eigenvalue weighted by atomic mass is 9.92. The lowest BCUT2D eigenvalue weighted by Gasteiger charge is -2.33. The number of hydrogen-bond donors (Lipinski definition) is 2. The summed E-state index contributed by atoms with van der Waals surface area (Å²) in [5.74, 6) is 0.582. The van der Waals surface area contributed by atoms with E-state index >= 15 is 0 Å². The molecule has 0 aromatic rings. The van der Waals surface area contributed by atoms with Crippen molar-refractivity contribution < 1.29 is 9.53 Å². The molecule has 2 aliphatic rings. The van der Waals surface area contributed by atoms with E-state index in [2.05, 4.69) is 26.1 Å². The summed E-state index contributed by atoms with van der Waals surface area (Å²) in [5, 5.41) is 3.46. The molecule has 1 amide bonds. The lowest BCUT2D eigenvalue weighted by molar-refractivity contribution is -0.130. The molecule has 18 heavy (non-hydrogen) atoms. The van der Waals surface area contributed by atoms with Gasteiger partial charge in [-0.1, -0.05) is 13.8 Å². The summed E-state index contributed by atoms with van der Waals surface area (Å²) in [6.45, 7) is 6.73. The number of nitrogens with one attached hydrogen (secondary N) is 1. The number of nitrogens with two attached hydrogens (primary N) is 1. The zero-order valence-electron chi connectivity index (χ0n) is 11.7. The molecule has 2 atom stereocenters. The summed E-state index contributed by atoms with van der Waals surface area (Å²) in [4.78, 5) is 11.9. The first kappa shape index (κ1) is 13.8. The van der Waals surface area contributed by atoms with Gasteiger partial charge in [0.05, 0.1) is 12.7 Å². The molecule has 0 bridgehead atoms. The van der Waals surface area contributed by atoms with E-state index in [4.69, 9.17) is 10.5 Å². The third kappa shape index (κ3) is 3.04. The van der Waals surface area contributed by atoms with Gasteiger partial charge in [0.1, 0.15) is 5.54 Å². The van der Waals surface area contributed by atoms with E-state index < -0.39 is 5.54 Å². The standard InChI is InChI=1S/C14H26N2O2/c1-9(2)10(3)18-8-14(13(15)17,11-4-5-11)16-12-6-7-12/h9-12,16H,4-8H2,1-3H3,(H2,15,17). The molecule has 104 valence electrons. The summed E-state index contributed by atoms with van der Waals surface area (Å²) >= 11 is 0. The van der Waals surface area contributed by atoms with Gasteiger partial charge in [-0.3, -0.25) is 10.1 Å². The fourth-order valence-electron chi connectivity index (χ4n) is 2.24. The van der Waals surface area contributed by atoms with Gasteiger partial charge in [0.2, 0.25) is 5.91 Å². The topological polar surface area (TPSA) is 64.3 Å². The van der Waals surface area contributed by atoms with Crippen LogP contribution in [-0.2, 0) is 9.53 Å². The minimum absolute atomic E-state index is 0.156. The highest BCUT2D eigenvalue weighted by Crippen LogP contribution is 2.42. The number of rotatable bonds is 8. The highest BCUT2D eigenvalue weighted by atomic mass is 16.5. The van der Waals surface area contributed by atoms with Gasteiger partial charge in [0.15, 0.2) is 0 Å². The predicted molar refractivity (Wildman–Crippen MR) is 71.1 cm³/mol. The minimum atomic E-state index is -0.621. The van der Waals surface area contributed by atoms with Crippen molar-refractivity contribution in [1.82, 2.24) is 5.32 Å². The van der Waals surface area contributed by atoms with Crippen molar-refractivity contribution in [3.05, 3.63) is 0 Å². The summed E-state index contributed by atoms with van der Waals surface area (Å²) in [6.07, 6.45) is 4.64. The Kier molecular flexibility index (Phi) is 3.97. The molecule has 0 aromatic carbocycles. The Balaban J connectivity index is 2.00. The van der Waals surface area contributed by atoms with Crippen LogP contribution in [0.1, 0.15) is 46.5 Å². The molecule has 4 nitrogen and oxygen atoms in total. The number of amides is 1. The van der Waals surface area contributed by atoms with E-state index in [0.29, 0.717) is 24.5 Å². The highest BCUT2D eigenvalue weighted by Gasteiger charge is 2.52. The van der Waals surface area contributed by atoms with E-state index in [1.807, 2.05) is 0 Å². The second kappa shape index (κ2) is 5.17. The number of carbonyl (C=O) groups is 1. The van der Waals surface area contributed by atoms with E-state index in [9.17, 15) is 4.79 Å². The van der Waals surface area contributed by atoms with Crippen molar-refractivity contribution >= 4 is 5.91 Å². The van der Waals surface area contributed by atoms with Crippen LogP contribution in [0, 0.1) is 11.8 Å². The van der Waals surface area contributed by atoms with Crippen LogP contribution in [-0.4, -0.2) is 30.2 Å². The Labute approximate surface area is 110 Å². The van der Waals surface area contributed by atoms with Crippen LogP contribution in [0.15, 0.2) is 0 Å². The predicted octanol–water partition coefficient (Wildman–Crippen LogP) is 1.43. The monoisotopic (exact) mass is 254 g/mol. The van der Waals surface area contributed by atoms with Crippen molar-refractivity contribution in [3.63, 3.8) is 0 Å². The highest BCUT2D eigenvalue weighted by molar-refractivity contribution is 5.86. The number of carbonyl (C=O) groups excluding carboxylic acids is 1. The molecule has 0 aromatic heterocycles. The van der Waals surface area contributed by atoms with Crippen molar-refractivity contribution in [2.24, 2.45) is 17.6 Å². The molecule has 3 N–H and O–H groups in total. The lowest BCUT2D eigenvalue weighted by Crippen LogP contribution is -2.61. The summed E-state index contributed by atoms with van der Waals surface area (Å²) in [6, 6.07) is 0.469. The fourth-order valence-corrected chi connectivity index (χ4v) is 2.24. The second-order valence-corrected chi connectivity index (χ2v) is 6.29. The molecular formula is C14H26N2O2. The summed E-state index contributed by atoms with van der Waals surface area (Å²) in [7, 11) is 0. The smallest absolute Gasteiger partial charge is 0.240 e. The van der Waals surface area contributed by atoms with E-state index in [0.717, 1.165) is 25.7 Å². The molecule has 0 aliphatic heterocycles. The van der Waals surface area contributed by atoms with Gasteiger partial charge in [0, 0.05) is 6.04 Å². The molecule has 0 spiro atoms. The SMILES string of the molecule is CC(C)C(C)OCC(NC1CC1)(C(N)=O)C1CC1. The summed E-state index contributed by atoms with van der Waals surface area (Å²) in [5.41, 5.74) is 5.05. The maximum atomic E-state index is 11.9. The normalized spacial score (nSPS) is 24.9. The summed E-state index contributed by atoms with van der Waals surface area (Å²) < 4.78 is 5.90. The van der Waals surface area contributed by atoms with E-state index in [-0.39, 0.29) is 12.0 Å². The molecule has 0 radical (unpaired) electrons. The van der Waals surface area contributed by atoms with Crippen LogP contribution in [0.3, 0.4) is 0 Å². The maximum Gasteiger partial charge on any atom is 0.240 e. The molecule has 2 fully saturated rings. The van der Waals surface area contributed by atoms with E-state index in [1.54, 1.807) is 0 Å². The zero-order chi connectivity index (χ0) is 13.3. The van der Waals surface area contributed by atoms with Crippen LogP contribution < -0.4 is 11.1 Å². The Morgan fingerprint density at radius 1 is 1.33 bits per heavy atom. The third-order valence-corrected chi connectivity index (χ3v) is 4.27. The Morgan fingerprint density at radius 3 is 2.33 bits per heavy atom. The first-order valence-electron chi connectivity index (χ1n) is 7.15. The van der Waals surface area contributed by atoms with Crippen LogP contribution in [0.2, 0.25) is 0 Å². The molecular weight excluding hydrogens is 228 g/mol. The Hall–Kier alpha value is -0.610. The number of hydrogen-bond acceptors (Lipinski definition) is 3. The largest absolute Gasteiger partial charge is 0.376 e. The van der Waals surface area contributed by atoms with Crippen molar-refractivity contribution in [3.8, 4) is 0 Å². The Morgan fingerprint density at radius 2 is 1.94 bits per heavy atom. The fraction of sp³-hybridized carbons (Fsp3) is 0.929. The zero-order valence-corrected chi connectivity index (χ0v) is 11.7. The van der Waals surface area contributed by atoms with Gasteiger partial charge >= 0.3 is 0 Å². The van der Waals surface area contributed by atoms with Gasteiger partial charge in [-0.15, -0.1) is 0 Å². The molecule has 0 heterocycles. The van der Waals surface area contributed by atoms with Crippen molar-refractivity contribution in [2.45, 2.75) is 64.1 Å². The minimum Gasteiger partial charge on any atom is -0.376 e. The van der Waals surface area contributed by atoms with Crippen LogP contribution in [0.5, 0.6) is 0 Å². The van der Waals surface area contributed by atoms with Gasteiger partial charge in [-0.25, -0.2) is 0 Å². The molecule has 2 aliphatic carbocycles. The van der Waals surface area contributed by atoms with Crippen LogP contribution in [0.4, 0.5) is 0 Å². The van der Waals surface area contributed by atoms with Crippen LogP contribution in [0.25, 0.3) is 0 Å². The number of primary amides is 1. The van der Waals surface area contributed by atoms with Crippen LogP contribution >= 0.6 is 0 Å². The van der Waals surface area contributed by atoms with Gasteiger partial charge in [0.25, 0.3) is 0 Å². The van der Waals surface area contributed by atoms with Gasteiger partial charge in [-0.2, -0.15) is 0 Å². The Bertz CT molecular complexity index is 311. The molecule has 4 heteroatoms. The van der Waals surface area contributed by atoms with Gasteiger partial charge < -0.3 is 10.5 Å². The third-order valence-electron chi connectivity index (χ3n) is 4.27. The maximum absolute atomic E-state index is 11.9. The quantitative estimate of drug-likeness (QED) is 0.689. The van der Waals surface area contributed by atoms with Crippen molar-refractivity contribution in [1.29, 1.82) is 0 Å². The molecule has 2 saturated carbocycles. The average molecular weight is 254 g/mol. The second-order valence-electron chi connectivity index (χ2n) is 6.29. The first-order valence-corrected chi connectivity index (χ1v) is 7.15. The average Bonchev–Trinajstić information content (AvgIpc) is 3.14. The molecule has 0 saturated heterocycles. The van der Waals surface area contributed by atoms with E-state index in [1.165, 1.54) is 0 Å².